The molecule has 0 saturated heterocycles. The van der Waals surface area contributed by atoms with Gasteiger partial charge in [-0.3, -0.25) is 5.32 Å². The maximum Gasteiger partial charge on any atom is 0.322 e. The van der Waals surface area contributed by atoms with E-state index in [-0.39, 0.29) is 23.9 Å². The Morgan fingerprint density at radius 3 is 2.65 bits per heavy atom. The quantitative estimate of drug-likeness (QED) is 0.766. The lowest BCUT2D eigenvalue weighted by Crippen LogP contribution is -2.38. The Hall–Kier alpha value is -2.68. The van der Waals surface area contributed by atoms with Gasteiger partial charge in [0.15, 0.2) is 5.13 Å². The van der Waals surface area contributed by atoms with Crippen LogP contribution in [0.25, 0.3) is 0 Å². The normalized spacial score (nSPS) is 13.3. The number of thiazole rings is 1. The first-order valence-corrected chi connectivity index (χ1v) is 9.10. The largest absolute Gasteiger partial charge is 0.336 e. The average molecular weight is 377 g/mol. The SMILES string of the molecule is CC(C)NC(=O)Nc1nc2c(s1)CN(C(=O)Nc1ccc(F)cc1)CC2. The first kappa shape index (κ1) is 18.1. The number of benzene rings is 1. The van der Waals surface area contributed by atoms with E-state index in [0.29, 0.717) is 30.3 Å². The summed E-state index contributed by atoms with van der Waals surface area (Å²) in [6.45, 7) is 4.71. The number of carbonyl (C=O) groups is 2. The van der Waals surface area contributed by atoms with E-state index in [0.717, 1.165) is 10.6 Å². The number of urea groups is 2. The third-order valence-electron chi connectivity index (χ3n) is 3.75. The molecule has 0 bridgehead atoms. The van der Waals surface area contributed by atoms with Crippen molar-refractivity contribution in [2.75, 3.05) is 17.2 Å². The first-order chi connectivity index (χ1) is 12.4. The van der Waals surface area contributed by atoms with E-state index in [1.807, 2.05) is 13.8 Å². The Kier molecular flexibility index (Phi) is 5.36. The van der Waals surface area contributed by atoms with E-state index >= 15 is 0 Å². The van der Waals surface area contributed by atoms with Gasteiger partial charge in [-0.2, -0.15) is 0 Å². The number of nitrogens with zero attached hydrogens (tertiary/aromatic N) is 2. The number of anilines is 2. The fourth-order valence-electron chi connectivity index (χ4n) is 2.55. The standard InChI is InChI=1S/C17H20FN5O2S/c1-10(2)19-15(24)22-16-21-13-7-8-23(9-14(13)26-16)17(25)20-12-5-3-11(18)4-6-12/h3-6,10H,7-9H2,1-2H3,(H,20,25)(H2,19,21,22,24). The molecule has 2 aromatic rings. The smallest absolute Gasteiger partial charge is 0.322 e. The Morgan fingerprint density at radius 1 is 1.23 bits per heavy atom. The summed E-state index contributed by atoms with van der Waals surface area (Å²) >= 11 is 1.37. The zero-order valence-electron chi connectivity index (χ0n) is 14.5. The zero-order chi connectivity index (χ0) is 18.7. The van der Waals surface area contributed by atoms with Crippen LogP contribution in [0.1, 0.15) is 24.4 Å². The van der Waals surface area contributed by atoms with Crippen LogP contribution in [-0.4, -0.2) is 34.5 Å². The molecule has 9 heteroatoms. The molecular weight excluding hydrogens is 357 g/mol. The minimum atomic E-state index is -0.350. The number of nitrogens with one attached hydrogen (secondary N) is 3. The van der Waals surface area contributed by atoms with Crippen molar-refractivity contribution >= 4 is 34.2 Å². The summed E-state index contributed by atoms with van der Waals surface area (Å²) in [7, 11) is 0. The van der Waals surface area contributed by atoms with Crippen LogP contribution in [0.2, 0.25) is 0 Å². The number of hydrogen-bond donors (Lipinski definition) is 3. The molecule has 1 aromatic heterocycles. The van der Waals surface area contributed by atoms with Gasteiger partial charge in [-0.15, -0.1) is 0 Å². The molecule has 0 saturated carbocycles. The van der Waals surface area contributed by atoms with Gasteiger partial charge in [0.05, 0.1) is 12.2 Å². The highest BCUT2D eigenvalue weighted by atomic mass is 32.1. The van der Waals surface area contributed by atoms with Gasteiger partial charge in [0.2, 0.25) is 0 Å². The van der Waals surface area contributed by atoms with E-state index in [9.17, 15) is 14.0 Å². The lowest BCUT2D eigenvalue weighted by molar-refractivity contribution is 0.207. The van der Waals surface area contributed by atoms with Crippen LogP contribution in [0.3, 0.4) is 0 Å². The van der Waals surface area contributed by atoms with Crippen molar-refractivity contribution in [3.8, 4) is 0 Å². The number of rotatable bonds is 3. The summed E-state index contributed by atoms with van der Waals surface area (Å²) in [4.78, 5) is 31.2. The third-order valence-corrected chi connectivity index (χ3v) is 4.75. The number of amides is 4. The van der Waals surface area contributed by atoms with E-state index in [4.69, 9.17) is 0 Å². The molecule has 0 spiro atoms. The summed E-state index contributed by atoms with van der Waals surface area (Å²) in [6, 6.07) is 5.13. The summed E-state index contributed by atoms with van der Waals surface area (Å²) in [5.41, 5.74) is 1.44. The minimum absolute atomic E-state index is 0.0373. The van der Waals surface area contributed by atoms with E-state index in [2.05, 4.69) is 20.9 Å². The summed E-state index contributed by atoms with van der Waals surface area (Å²) in [6.07, 6.45) is 0.621. The van der Waals surface area contributed by atoms with Gasteiger partial charge in [0, 0.05) is 29.6 Å². The highest BCUT2D eigenvalue weighted by molar-refractivity contribution is 7.15. The van der Waals surface area contributed by atoms with Gasteiger partial charge in [0.25, 0.3) is 0 Å². The molecule has 0 unspecified atom stereocenters. The van der Waals surface area contributed by atoms with Crippen LogP contribution in [0.15, 0.2) is 24.3 Å². The summed E-state index contributed by atoms with van der Waals surface area (Å²) in [5, 5.41) is 8.74. The molecule has 3 N–H and O–H groups in total. The van der Waals surface area contributed by atoms with E-state index in [1.165, 1.54) is 35.6 Å². The topological polar surface area (TPSA) is 86.4 Å². The van der Waals surface area contributed by atoms with Gasteiger partial charge < -0.3 is 15.5 Å². The molecule has 0 aliphatic carbocycles. The summed E-state index contributed by atoms with van der Waals surface area (Å²) < 4.78 is 12.9. The lowest BCUT2D eigenvalue weighted by atomic mass is 10.2. The van der Waals surface area contributed by atoms with Crippen molar-refractivity contribution in [2.24, 2.45) is 0 Å². The second-order valence-corrected chi connectivity index (χ2v) is 7.33. The number of hydrogen-bond acceptors (Lipinski definition) is 4. The van der Waals surface area contributed by atoms with Crippen LogP contribution >= 0.6 is 11.3 Å². The van der Waals surface area contributed by atoms with Gasteiger partial charge >= 0.3 is 12.1 Å². The molecule has 2 heterocycles. The second kappa shape index (κ2) is 7.69. The Labute approximate surface area is 154 Å². The molecule has 1 aliphatic heterocycles. The van der Waals surface area contributed by atoms with Crippen molar-refractivity contribution in [3.63, 3.8) is 0 Å². The number of fused-ring (bicyclic) bond motifs is 1. The van der Waals surface area contributed by atoms with Crippen molar-refractivity contribution < 1.29 is 14.0 Å². The van der Waals surface area contributed by atoms with Gasteiger partial charge in [-0.05, 0) is 38.1 Å². The molecule has 0 radical (unpaired) electrons. The first-order valence-electron chi connectivity index (χ1n) is 8.28. The zero-order valence-corrected chi connectivity index (χ0v) is 15.3. The van der Waals surface area contributed by atoms with Gasteiger partial charge in [-0.25, -0.2) is 19.0 Å². The fourth-order valence-corrected chi connectivity index (χ4v) is 3.57. The van der Waals surface area contributed by atoms with Crippen LogP contribution in [-0.2, 0) is 13.0 Å². The molecule has 1 aromatic carbocycles. The maximum atomic E-state index is 12.9. The lowest BCUT2D eigenvalue weighted by Gasteiger charge is -2.26. The predicted octanol–water partition coefficient (Wildman–Crippen LogP) is 3.40. The van der Waals surface area contributed by atoms with Crippen LogP contribution in [0.4, 0.5) is 24.8 Å². The molecule has 7 nitrogen and oxygen atoms in total. The molecule has 26 heavy (non-hydrogen) atoms. The molecular formula is C17H20FN5O2S. The van der Waals surface area contributed by atoms with E-state index < -0.39 is 0 Å². The van der Waals surface area contributed by atoms with Crippen LogP contribution in [0, 0.1) is 5.82 Å². The molecule has 0 fully saturated rings. The van der Waals surface area contributed by atoms with Crippen LogP contribution in [0.5, 0.6) is 0 Å². The molecule has 0 atom stereocenters. The Bertz CT molecular complexity index is 806. The van der Waals surface area contributed by atoms with E-state index in [1.54, 1.807) is 4.90 Å². The Morgan fingerprint density at radius 2 is 1.96 bits per heavy atom. The summed E-state index contributed by atoms with van der Waals surface area (Å²) in [5.74, 6) is -0.350. The Balaban J connectivity index is 1.61. The van der Waals surface area contributed by atoms with Crippen LogP contribution < -0.4 is 16.0 Å². The predicted molar refractivity (Wildman–Crippen MR) is 98.9 cm³/mol. The third kappa shape index (κ3) is 4.48. The van der Waals surface area contributed by atoms with Crippen molar-refractivity contribution in [3.05, 3.63) is 40.7 Å². The molecule has 138 valence electrons. The maximum absolute atomic E-state index is 12.9. The highest BCUT2D eigenvalue weighted by Crippen LogP contribution is 2.28. The number of carbonyl (C=O) groups excluding carboxylic acids is 2. The molecule has 4 amide bonds. The average Bonchev–Trinajstić information content (AvgIpc) is 2.97. The van der Waals surface area contributed by atoms with Crippen molar-refractivity contribution in [1.29, 1.82) is 0 Å². The number of aromatic nitrogens is 1. The monoisotopic (exact) mass is 377 g/mol. The highest BCUT2D eigenvalue weighted by Gasteiger charge is 2.24. The number of halogens is 1. The van der Waals surface area contributed by atoms with Crippen molar-refractivity contribution in [1.82, 2.24) is 15.2 Å². The second-order valence-electron chi connectivity index (χ2n) is 6.25. The van der Waals surface area contributed by atoms with Crippen molar-refractivity contribution in [2.45, 2.75) is 32.9 Å². The minimum Gasteiger partial charge on any atom is -0.336 e. The molecule has 1 aliphatic rings. The van der Waals surface area contributed by atoms with Gasteiger partial charge in [-0.1, -0.05) is 11.3 Å². The fraction of sp³-hybridized carbons (Fsp3) is 0.353. The van der Waals surface area contributed by atoms with Gasteiger partial charge in [0.1, 0.15) is 5.82 Å². The molecule has 3 rings (SSSR count).